The number of benzene rings is 3. The molecule has 0 aromatic heterocycles. The molecule has 0 spiro atoms. The highest BCUT2D eigenvalue weighted by atomic mass is 32.2. The third kappa shape index (κ3) is 5.49. The van der Waals surface area contributed by atoms with Gasteiger partial charge in [-0.05, 0) is 60.3 Å². The fraction of sp³-hybridized carbons (Fsp3) is 0.222. The highest BCUT2D eigenvalue weighted by Gasteiger charge is 2.36. The van der Waals surface area contributed by atoms with Gasteiger partial charge in [-0.15, -0.1) is 0 Å². The summed E-state index contributed by atoms with van der Waals surface area (Å²) in [5.74, 6) is 0.190. The van der Waals surface area contributed by atoms with E-state index in [4.69, 9.17) is 9.47 Å². The Morgan fingerprint density at radius 1 is 1.09 bits per heavy atom. The first kappa shape index (κ1) is 24.3. The molecule has 1 N–H and O–H groups in total. The number of carbonyl (C=O) groups excluding carboxylic acids is 3. The van der Waals surface area contributed by atoms with Gasteiger partial charge in [0, 0.05) is 11.1 Å². The van der Waals surface area contributed by atoms with E-state index in [-0.39, 0.29) is 17.6 Å². The zero-order valence-electron chi connectivity index (χ0n) is 19.7. The number of rotatable bonds is 8. The quantitative estimate of drug-likeness (QED) is 0.408. The van der Waals surface area contributed by atoms with Crippen molar-refractivity contribution in [3.8, 4) is 11.5 Å². The molecule has 0 aliphatic carbocycles. The smallest absolute Gasteiger partial charge is 0.294 e. The molecule has 1 fully saturated rings. The first-order valence-electron chi connectivity index (χ1n) is 11.3. The molecule has 0 radical (unpaired) electrons. The number of thioether (sulfide) groups is 1. The molecule has 35 heavy (non-hydrogen) atoms. The summed E-state index contributed by atoms with van der Waals surface area (Å²) in [6.07, 6.45) is 2.50. The number of ether oxygens (including phenoxy) is 2. The lowest BCUT2D eigenvalue weighted by molar-refractivity contribution is -0.127. The van der Waals surface area contributed by atoms with Gasteiger partial charge in [-0.1, -0.05) is 49.4 Å². The lowest BCUT2D eigenvalue weighted by Crippen LogP contribution is -2.36. The van der Waals surface area contributed by atoms with Crippen molar-refractivity contribution < 1.29 is 23.9 Å². The molecule has 3 aromatic rings. The Hall–Kier alpha value is -3.78. The van der Waals surface area contributed by atoms with E-state index < -0.39 is 17.1 Å². The summed E-state index contributed by atoms with van der Waals surface area (Å²) in [5, 5.41) is 4.19. The molecule has 180 valence electrons. The van der Waals surface area contributed by atoms with Crippen molar-refractivity contribution in [3.05, 3.63) is 71.1 Å². The molecule has 3 aromatic carbocycles. The molecule has 1 aliphatic rings. The number of methoxy groups -OCH3 is 1. The average molecular weight is 491 g/mol. The Morgan fingerprint density at radius 3 is 2.63 bits per heavy atom. The fourth-order valence-corrected chi connectivity index (χ4v) is 4.47. The van der Waals surface area contributed by atoms with Gasteiger partial charge in [0.25, 0.3) is 11.1 Å². The second-order valence-corrected chi connectivity index (χ2v) is 9.08. The molecule has 1 saturated heterocycles. The number of amides is 3. The standard InChI is InChI=1S/C27H26N2O5S/c1-4-17(2)34-22-13-12-18(14-23(22)33-3)15-24-26(31)29(27(32)35-24)16-25(30)28-21-11-7-9-19-8-5-6-10-20(19)21/h5-15,17H,4,16H2,1-3H3,(H,28,30). The van der Waals surface area contributed by atoms with Gasteiger partial charge in [0.1, 0.15) is 6.54 Å². The maximum Gasteiger partial charge on any atom is 0.294 e. The van der Waals surface area contributed by atoms with E-state index in [2.05, 4.69) is 5.32 Å². The Kier molecular flexibility index (Phi) is 7.41. The van der Waals surface area contributed by atoms with Crippen molar-refractivity contribution in [3.63, 3.8) is 0 Å². The van der Waals surface area contributed by atoms with Crippen LogP contribution in [-0.2, 0) is 9.59 Å². The van der Waals surface area contributed by atoms with Crippen LogP contribution in [0, 0.1) is 0 Å². The van der Waals surface area contributed by atoms with Crippen LogP contribution >= 0.6 is 11.8 Å². The van der Waals surface area contributed by atoms with Crippen LogP contribution in [0.5, 0.6) is 11.5 Å². The van der Waals surface area contributed by atoms with Crippen molar-refractivity contribution in [2.45, 2.75) is 26.4 Å². The Labute approximate surface area is 208 Å². The monoisotopic (exact) mass is 490 g/mol. The summed E-state index contributed by atoms with van der Waals surface area (Å²) in [4.78, 5) is 39.3. The maximum absolute atomic E-state index is 12.9. The molecule has 1 aliphatic heterocycles. The summed E-state index contributed by atoms with van der Waals surface area (Å²) in [7, 11) is 1.55. The molecule has 0 saturated carbocycles. The molecule has 1 unspecified atom stereocenters. The van der Waals surface area contributed by atoms with E-state index in [1.807, 2.05) is 50.2 Å². The van der Waals surface area contributed by atoms with E-state index in [9.17, 15) is 14.4 Å². The van der Waals surface area contributed by atoms with E-state index in [0.29, 0.717) is 22.7 Å². The molecule has 7 nitrogen and oxygen atoms in total. The van der Waals surface area contributed by atoms with Gasteiger partial charge in [0.05, 0.1) is 18.1 Å². The van der Waals surface area contributed by atoms with Crippen LogP contribution in [0.3, 0.4) is 0 Å². The van der Waals surface area contributed by atoms with Crippen molar-refractivity contribution in [2.75, 3.05) is 19.0 Å². The summed E-state index contributed by atoms with van der Waals surface area (Å²) < 4.78 is 11.3. The predicted molar refractivity (Wildman–Crippen MR) is 139 cm³/mol. The van der Waals surface area contributed by atoms with Gasteiger partial charge in [-0.3, -0.25) is 19.3 Å². The maximum atomic E-state index is 12.9. The van der Waals surface area contributed by atoms with Gasteiger partial charge in [0.2, 0.25) is 5.91 Å². The van der Waals surface area contributed by atoms with Crippen molar-refractivity contribution >= 4 is 51.4 Å². The number of carbonyl (C=O) groups is 3. The molecule has 1 atom stereocenters. The number of hydrogen-bond acceptors (Lipinski definition) is 6. The number of fused-ring (bicyclic) bond motifs is 1. The number of imide groups is 1. The fourth-order valence-electron chi connectivity index (χ4n) is 3.63. The van der Waals surface area contributed by atoms with Crippen LogP contribution in [0.25, 0.3) is 16.8 Å². The topological polar surface area (TPSA) is 84.9 Å². The van der Waals surface area contributed by atoms with Crippen molar-refractivity contribution in [1.29, 1.82) is 0 Å². The number of anilines is 1. The van der Waals surface area contributed by atoms with Crippen LogP contribution in [-0.4, -0.2) is 41.7 Å². The lowest BCUT2D eigenvalue weighted by Gasteiger charge is -2.15. The number of nitrogens with one attached hydrogen (secondary N) is 1. The van der Waals surface area contributed by atoms with Gasteiger partial charge in [-0.25, -0.2) is 0 Å². The van der Waals surface area contributed by atoms with Gasteiger partial charge < -0.3 is 14.8 Å². The number of hydrogen-bond donors (Lipinski definition) is 1. The SMILES string of the molecule is CCC(C)Oc1ccc(C=C2SC(=O)N(CC(=O)Nc3cccc4ccccc34)C2=O)cc1OC. The third-order valence-corrected chi connectivity index (χ3v) is 6.53. The Morgan fingerprint density at radius 2 is 1.86 bits per heavy atom. The van der Waals surface area contributed by atoms with E-state index in [1.165, 1.54) is 0 Å². The van der Waals surface area contributed by atoms with Gasteiger partial charge >= 0.3 is 0 Å². The Bertz CT molecular complexity index is 1310. The van der Waals surface area contributed by atoms with Crippen molar-refractivity contribution in [2.24, 2.45) is 0 Å². The minimum atomic E-state index is -0.507. The van der Waals surface area contributed by atoms with E-state index in [0.717, 1.165) is 33.9 Å². The molecular formula is C27H26N2O5S. The minimum absolute atomic E-state index is 0.0336. The second-order valence-electron chi connectivity index (χ2n) is 8.09. The van der Waals surface area contributed by atoms with Gasteiger partial charge in [-0.2, -0.15) is 0 Å². The normalized spacial score (nSPS) is 15.5. The molecule has 8 heteroatoms. The summed E-state index contributed by atoms with van der Waals surface area (Å²) in [6.45, 7) is 3.64. The van der Waals surface area contributed by atoms with Crippen LogP contribution < -0.4 is 14.8 Å². The molecule has 4 rings (SSSR count). The minimum Gasteiger partial charge on any atom is -0.493 e. The first-order chi connectivity index (χ1) is 16.9. The van der Waals surface area contributed by atoms with E-state index >= 15 is 0 Å². The van der Waals surface area contributed by atoms with Gasteiger partial charge in [0.15, 0.2) is 11.5 Å². The largest absolute Gasteiger partial charge is 0.493 e. The first-order valence-corrected chi connectivity index (χ1v) is 12.1. The summed E-state index contributed by atoms with van der Waals surface area (Å²) in [6, 6.07) is 18.6. The molecule has 3 amide bonds. The molecule has 1 heterocycles. The molecule has 0 bridgehead atoms. The van der Waals surface area contributed by atoms with E-state index in [1.54, 1.807) is 37.5 Å². The van der Waals surface area contributed by atoms with Crippen LogP contribution in [0.4, 0.5) is 10.5 Å². The van der Waals surface area contributed by atoms with Crippen molar-refractivity contribution in [1.82, 2.24) is 4.90 Å². The highest BCUT2D eigenvalue weighted by Crippen LogP contribution is 2.35. The second kappa shape index (κ2) is 10.7. The third-order valence-electron chi connectivity index (χ3n) is 5.63. The molecular weight excluding hydrogens is 464 g/mol. The summed E-state index contributed by atoms with van der Waals surface area (Å²) >= 11 is 0.806. The summed E-state index contributed by atoms with van der Waals surface area (Å²) in [5.41, 5.74) is 1.31. The van der Waals surface area contributed by atoms with Crippen LogP contribution in [0.1, 0.15) is 25.8 Å². The highest BCUT2D eigenvalue weighted by molar-refractivity contribution is 8.18. The lowest BCUT2D eigenvalue weighted by atomic mass is 10.1. The zero-order valence-corrected chi connectivity index (χ0v) is 20.6. The number of nitrogens with zero attached hydrogens (tertiary/aromatic N) is 1. The Balaban J connectivity index is 1.47. The zero-order chi connectivity index (χ0) is 24.9. The predicted octanol–water partition coefficient (Wildman–Crippen LogP) is 5.70. The average Bonchev–Trinajstić information content (AvgIpc) is 3.12. The van der Waals surface area contributed by atoms with Crippen LogP contribution in [0.15, 0.2) is 65.6 Å². The van der Waals surface area contributed by atoms with Crippen LogP contribution in [0.2, 0.25) is 0 Å².